The average molecular weight is 514 g/mol. The van der Waals surface area contributed by atoms with Crippen molar-refractivity contribution in [3.8, 4) is 11.1 Å². The Bertz CT molecular complexity index is 1210. The Morgan fingerprint density at radius 2 is 1.61 bits per heavy atom. The van der Waals surface area contributed by atoms with E-state index in [-0.39, 0.29) is 25.3 Å². The highest BCUT2D eigenvalue weighted by Crippen LogP contribution is 2.19. The molecule has 0 spiro atoms. The zero-order chi connectivity index (χ0) is 25.4. The van der Waals surface area contributed by atoms with Crippen LogP contribution >= 0.6 is 0 Å². The minimum absolute atomic E-state index is 0.236. The van der Waals surface area contributed by atoms with Crippen molar-refractivity contribution in [1.29, 1.82) is 0 Å². The van der Waals surface area contributed by atoms with Crippen LogP contribution in [0, 0.1) is 0 Å². The van der Waals surface area contributed by atoms with E-state index in [1.54, 1.807) is 43.2 Å². The first-order valence-corrected chi connectivity index (χ1v) is 13.1. The molecule has 1 saturated heterocycles. The number of sulfonamides is 1. The quantitative estimate of drug-likeness (QED) is 0.215. The average Bonchev–Trinajstić information content (AvgIpc) is 2.93. The molecule has 3 aromatic rings. The van der Waals surface area contributed by atoms with E-state index in [1.807, 2.05) is 4.90 Å². The third-order valence-corrected chi connectivity index (χ3v) is 7.85. The number of anilines is 1. The Labute approximate surface area is 208 Å². The molecular weight excluding hydrogens is 486 g/mol. The number of aryl methyl sites for hydroxylation is 1. The lowest BCUT2D eigenvalue weighted by molar-refractivity contribution is -0.158. The molecule has 1 fully saturated rings. The van der Waals surface area contributed by atoms with E-state index < -0.39 is 16.1 Å². The standard InChI is InChI=1S/C22H27N9O4S/c32-17-31(33)20(3-1-4-21-25-5-2-6-26-21)15-36(34,35)30-9-7-29(8-10-30)22-27-13-19(14-28-22)18-11-23-16-24-12-18/h2,5-6,11-14,16-17,20,33H,1,3-4,7-10,15H2. The lowest BCUT2D eigenvalue weighted by Crippen LogP contribution is -2.51. The molecule has 1 amide bonds. The van der Waals surface area contributed by atoms with Gasteiger partial charge in [-0.25, -0.2) is 43.4 Å². The van der Waals surface area contributed by atoms with Gasteiger partial charge in [-0.3, -0.25) is 10.0 Å². The van der Waals surface area contributed by atoms with Crippen molar-refractivity contribution in [3.63, 3.8) is 0 Å². The van der Waals surface area contributed by atoms with Crippen molar-refractivity contribution in [3.05, 3.63) is 55.4 Å². The number of rotatable bonds is 11. The maximum absolute atomic E-state index is 13.1. The maximum Gasteiger partial charge on any atom is 0.233 e. The van der Waals surface area contributed by atoms with Crippen molar-refractivity contribution in [1.82, 2.24) is 39.3 Å². The molecule has 190 valence electrons. The van der Waals surface area contributed by atoms with E-state index in [1.165, 1.54) is 10.6 Å². The molecule has 0 aromatic carbocycles. The van der Waals surface area contributed by atoms with Gasteiger partial charge in [0.05, 0.1) is 11.8 Å². The van der Waals surface area contributed by atoms with E-state index in [2.05, 4.69) is 29.9 Å². The smallest absolute Gasteiger partial charge is 0.233 e. The second kappa shape index (κ2) is 11.9. The van der Waals surface area contributed by atoms with Gasteiger partial charge in [0.2, 0.25) is 22.4 Å². The Morgan fingerprint density at radius 1 is 0.972 bits per heavy atom. The third kappa shape index (κ3) is 6.53. The molecule has 1 atom stereocenters. The van der Waals surface area contributed by atoms with Crippen molar-refractivity contribution in [2.24, 2.45) is 0 Å². The summed E-state index contributed by atoms with van der Waals surface area (Å²) in [6.45, 7) is 1.33. The van der Waals surface area contributed by atoms with Gasteiger partial charge in [-0.1, -0.05) is 0 Å². The van der Waals surface area contributed by atoms with Crippen molar-refractivity contribution in [2.45, 2.75) is 25.3 Å². The third-order valence-electron chi connectivity index (χ3n) is 5.89. The summed E-state index contributed by atoms with van der Waals surface area (Å²) in [5.41, 5.74) is 1.59. The number of carbonyl (C=O) groups is 1. The summed E-state index contributed by atoms with van der Waals surface area (Å²) in [6.07, 6.45) is 13.0. The van der Waals surface area contributed by atoms with E-state index in [0.717, 1.165) is 11.1 Å². The van der Waals surface area contributed by atoms with E-state index in [4.69, 9.17) is 0 Å². The maximum atomic E-state index is 13.1. The monoisotopic (exact) mass is 513 g/mol. The van der Waals surface area contributed by atoms with Gasteiger partial charge in [0.1, 0.15) is 12.2 Å². The summed E-state index contributed by atoms with van der Waals surface area (Å²) >= 11 is 0. The molecule has 4 rings (SSSR count). The van der Waals surface area contributed by atoms with Crippen LogP contribution in [0.5, 0.6) is 0 Å². The highest BCUT2D eigenvalue weighted by atomic mass is 32.2. The predicted octanol–water partition coefficient (Wildman–Crippen LogP) is 0.415. The molecule has 1 N–H and O–H groups in total. The highest BCUT2D eigenvalue weighted by molar-refractivity contribution is 7.89. The summed E-state index contributed by atoms with van der Waals surface area (Å²) in [4.78, 5) is 38.2. The van der Waals surface area contributed by atoms with Crippen LogP contribution in [0.3, 0.4) is 0 Å². The number of aromatic nitrogens is 6. The van der Waals surface area contributed by atoms with Gasteiger partial charge in [-0.2, -0.15) is 4.31 Å². The van der Waals surface area contributed by atoms with Crippen molar-refractivity contribution in [2.75, 3.05) is 36.8 Å². The first kappa shape index (κ1) is 25.5. The highest BCUT2D eigenvalue weighted by Gasteiger charge is 2.32. The molecule has 36 heavy (non-hydrogen) atoms. The summed E-state index contributed by atoms with van der Waals surface area (Å²) in [5, 5.41) is 10.4. The van der Waals surface area contributed by atoms with Gasteiger partial charge in [-0.15, -0.1) is 0 Å². The van der Waals surface area contributed by atoms with Gasteiger partial charge < -0.3 is 4.90 Å². The number of hydrogen-bond donors (Lipinski definition) is 1. The van der Waals surface area contributed by atoms with E-state index in [9.17, 15) is 18.4 Å². The molecule has 4 heterocycles. The molecular formula is C22H27N9O4S. The van der Waals surface area contributed by atoms with Crippen molar-refractivity contribution < 1.29 is 18.4 Å². The SMILES string of the molecule is O=CN(O)C(CCCc1ncccn1)CS(=O)(=O)N1CCN(c2ncc(-c3cncnc3)cn2)CC1. The van der Waals surface area contributed by atoms with Gasteiger partial charge >= 0.3 is 0 Å². The fourth-order valence-electron chi connectivity index (χ4n) is 3.93. The second-order valence-electron chi connectivity index (χ2n) is 8.26. The Kier molecular flexibility index (Phi) is 8.40. The van der Waals surface area contributed by atoms with Crippen LogP contribution in [-0.2, 0) is 21.2 Å². The van der Waals surface area contributed by atoms with Crippen LogP contribution in [0.25, 0.3) is 11.1 Å². The summed E-state index contributed by atoms with van der Waals surface area (Å²) < 4.78 is 27.5. The molecule has 1 aliphatic heterocycles. The van der Waals surface area contributed by atoms with Gasteiger partial charge in [0.25, 0.3) is 0 Å². The van der Waals surface area contributed by atoms with E-state index >= 15 is 0 Å². The normalized spacial score (nSPS) is 15.4. The molecule has 0 saturated carbocycles. The second-order valence-corrected chi connectivity index (χ2v) is 10.3. The lowest BCUT2D eigenvalue weighted by atomic mass is 10.1. The molecule has 1 aliphatic rings. The molecule has 14 heteroatoms. The lowest BCUT2D eigenvalue weighted by Gasteiger charge is -2.35. The topological polar surface area (TPSA) is 158 Å². The Morgan fingerprint density at radius 3 is 2.25 bits per heavy atom. The van der Waals surface area contributed by atoms with Crippen LogP contribution in [0.15, 0.2) is 49.6 Å². The Hall–Kier alpha value is -3.62. The molecule has 13 nitrogen and oxygen atoms in total. The zero-order valence-electron chi connectivity index (χ0n) is 19.5. The zero-order valence-corrected chi connectivity index (χ0v) is 20.4. The first-order chi connectivity index (χ1) is 17.5. The molecule has 0 radical (unpaired) electrons. The van der Waals surface area contributed by atoms with E-state index in [0.29, 0.717) is 49.2 Å². The molecule has 3 aromatic heterocycles. The summed E-state index contributed by atoms with van der Waals surface area (Å²) in [7, 11) is -3.72. The summed E-state index contributed by atoms with van der Waals surface area (Å²) in [5.74, 6) is 0.761. The minimum Gasteiger partial charge on any atom is -0.338 e. The van der Waals surface area contributed by atoms with Crippen molar-refractivity contribution >= 4 is 22.4 Å². The van der Waals surface area contributed by atoms with Crippen LogP contribution in [0.2, 0.25) is 0 Å². The number of amides is 1. The fourth-order valence-corrected chi connectivity index (χ4v) is 5.67. The van der Waals surface area contributed by atoms with Crippen LogP contribution in [0.4, 0.5) is 5.95 Å². The Balaban J connectivity index is 1.32. The predicted molar refractivity (Wildman–Crippen MR) is 129 cm³/mol. The number of hydrogen-bond acceptors (Lipinski definition) is 11. The first-order valence-electron chi connectivity index (χ1n) is 11.4. The van der Waals surface area contributed by atoms with Crippen LogP contribution < -0.4 is 4.90 Å². The number of piperazine rings is 1. The summed E-state index contributed by atoms with van der Waals surface area (Å²) in [6, 6.07) is 0.842. The number of hydroxylamine groups is 2. The fraction of sp³-hybridized carbons (Fsp3) is 0.409. The number of carbonyl (C=O) groups excluding carboxylic acids is 1. The van der Waals surface area contributed by atoms with Gasteiger partial charge in [0, 0.05) is 80.9 Å². The molecule has 1 unspecified atom stereocenters. The molecule has 0 bridgehead atoms. The van der Waals surface area contributed by atoms with Gasteiger partial charge in [-0.05, 0) is 18.9 Å². The molecule has 0 aliphatic carbocycles. The van der Waals surface area contributed by atoms with Crippen LogP contribution in [0.1, 0.15) is 18.7 Å². The number of nitrogens with zero attached hydrogens (tertiary/aromatic N) is 9. The minimum atomic E-state index is -3.72. The largest absolute Gasteiger partial charge is 0.338 e. The van der Waals surface area contributed by atoms with Gasteiger partial charge in [0.15, 0.2) is 0 Å². The van der Waals surface area contributed by atoms with Crippen LogP contribution in [-0.4, -0.2) is 97.3 Å².